The smallest absolute Gasteiger partial charge is 0.137 e. The third-order valence-corrected chi connectivity index (χ3v) is 5.75. The number of benzene rings is 2. The molecule has 0 aliphatic carbocycles. The molecule has 4 aromatic rings. The molecule has 5 heteroatoms. The molecule has 4 nitrogen and oxygen atoms in total. The quantitative estimate of drug-likeness (QED) is 0.565. The maximum Gasteiger partial charge on any atom is 0.137 e. The first kappa shape index (κ1) is 17.1. The van der Waals surface area contributed by atoms with E-state index in [-0.39, 0.29) is 11.7 Å². The number of aromatic nitrogens is 3. The van der Waals surface area contributed by atoms with Crippen molar-refractivity contribution in [3.63, 3.8) is 0 Å². The van der Waals surface area contributed by atoms with Crippen molar-refractivity contribution in [1.29, 1.82) is 0 Å². The van der Waals surface area contributed by atoms with Crippen LogP contribution in [0.1, 0.15) is 29.5 Å². The highest BCUT2D eigenvalue weighted by molar-refractivity contribution is 5.80. The van der Waals surface area contributed by atoms with E-state index in [1.807, 2.05) is 12.3 Å². The molecule has 28 heavy (non-hydrogen) atoms. The van der Waals surface area contributed by atoms with E-state index in [9.17, 15) is 0 Å². The Morgan fingerprint density at radius 2 is 2.11 bits per heavy atom. The van der Waals surface area contributed by atoms with Gasteiger partial charge in [0.1, 0.15) is 5.82 Å². The fourth-order valence-corrected chi connectivity index (χ4v) is 4.23. The molecule has 3 heterocycles. The largest absolute Gasteiger partial charge is 0.361 e. The molecule has 0 fully saturated rings. The number of likely N-dealkylation sites (N-methyl/N-ethyl adjacent to an activating group) is 1. The molecule has 1 atom stereocenters. The van der Waals surface area contributed by atoms with Gasteiger partial charge in [0, 0.05) is 48.0 Å². The van der Waals surface area contributed by atoms with E-state index < -0.39 is 0 Å². The van der Waals surface area contributed by atoms with Gasteiger partial charge < -0.3 is 4.98 Å². The molecule has 0 radical (unpaired) electrons. The number of halogens is 1. The van der Waals surface area contributed by atoms with E-state index >= 15 is 4.39 Å². The van der Waals surface area contributed by atoms with Crippen molar-refractivity contribution in [2.24, 2.45) is 0 Å². The molecule has 0 saturated heterocycles. The Hall–Kier alpha value is -3.05. The zero-order chi connectivity index (χ0) is 19.1. The summed E-state index contributed by atoms with van der Waals surface area (Å²) in [6.45, 7) is 4.52. The summed E-state index contributed by atoms with van der Waals surface area (Å²) in [7, 11) is 0. The predicted molar refractivity (Wildman–Crippen MR) is 109 cm³/mol. The fourth-order valence-electron chi connectivity index (χ4n) is 4.23. The van der Waals surface area contributed by atoms with Crippen LogP contribution in [0.15, 0.2) is 60.9 Å². The van der Waals surface area contributed by atoms with Crippen LogP contribution in [0.3, 0.4) is 0 Å². The average Bonchev–Trinajstić information content (AvgIpc) is 3.22. The van der Waals surface area contributed by atoms with Gasteiger partial charge in [-0.3, -0.25) is 4.90 Å². The van der Waals surface area contributed by atoms with Crippen molar-refractivity contribution in [3.05, 3.63) is 83.4 Å². The van der Waals surface area contributed by atoms with Crippen molar-refractivity contribution in [1.82, 2.24) is 20.1 Å². The molecule has 1 unspecified atom stereocenters. The van der Waals surface area contributed by atoms with Crippen LogP contribution in [-0.4, -0.2) is 33.2 Å². The van der Waals surface area contributed by atoms with E-state index in [0.29, 0.717) is 17.8 Å². The van der Waals surface area contributed by atoms with Crippen LogP contribution in [0.4, 0.5) is 4.39 Å². The van der Waals surface area contributed by atoms with Crippen LogP contribution in [0.25, 0.3) is 22.2 Å². The first-order valence-corrected chi connectivity index (χ1v) is 9.63. The number of rotatable bonds is 3. The fraction of sp³-hybridized carbons (Fsp3) is 0.217. The van der Waals surface area contributed by atoms with Gasteiger partial charge in [-0.1, -0.05) is 19.1 Å². The minimum atomic E-state index is -0.177. The van der Waals surface area contributed by atoms with Gasteiger partial charge in [-0.05, 0) is 59.5 Å². The lowest BCUT2D eigenvalue weighted by Crippen LogP contribution is -2.34. The van der Waals surface area contributed by atoms with Gasteiger partial charge in [-0.2, -0.15) is 10.2 Å². The molecular formula is C23H21FN4. The number of fused-ring (bicyclic) bond motifs is 2. The van der Waals surface area contributed by atoms with Gasteiger partial charge in [0.05, 0.1) is 5.69 Å². The molecule has 0 amide bonds. The average molecular weight is 372 g/mol. The molecule has 1 aliphatic heterocycles. The van der Waals surface area contributed by atoms with Gasteiger partial charge in [0.2, 0.25) is 0 Å². The van der Waals surface area contributed by atoms with Crippen LogP contribution < -0.4 is 0 Å². The summed E-state index contributed by atoms with van der Waals surface area (Å²) in [4.78, 5) is 5.54. The van der Waals surface area contributed by atoms with Gasteiger partial charge >= 0.3 is 0 Å². The molecule has 5 rings (SSSR count). The molecule has 1 N–H and O–H groups in total. The highest BCUT2D eigenvalue weighted by Crippen LogP contribution is 2.38. The summed E-state index contributed by atoms with van der Waals surface area (Å²) in [5.41, 5.74) is 5.28. The van der Waals surface area contributed by atoms with Gasteiger partial charge in [0.25, 0.3) is 0 Å². The van der Waals surface area contributed by atoms with E-state index in [1.165, 1.54) is 10.9 Å². The van der Waals surface area contributed by atoms with E-state index in [0.717, 1.165) is 29.7 Å². The minimum absolute atomic E-state index is 0.147. The van der Waals surface area contributed by atoms with Crippen molar-refractivity contribution >= 4 is 10.9 Å². The predicted octanol–water partition coefficient (Wildman–Crippen LogP) is 4.73. The lowest BCUT2D eigenvalue weighted by molar-refractivity contribution is 0.248. The first-order valence-electron chi connectivity index (χ1n) is 9.63. The Morgan fingerprint density at radius 1 is 1.18 bits per heavy atom. The van der Waals surface area contributed by atoms with Gasteiger partial charge in [-0.25, -0.2) is 4.39 Å². The Bertz CT molecular complexity index is 1140. The van der Waals surface area contributed by atoms with Crippen molar-refractivity contribution < 1.29 is 4.39 Å². The Balaban J connectivity index is 1.64. The van der Waals surface area contributed by atoms with E-state index in [4.69, 9.17) is 0 Å². The Kier molecular flexibility index (Phi) is 4.17. The zero-order valence-electron chi connectivity index (χ0n) is 15.7. The molecule has 0 bridgehead atoms. The van der Waals surface area contributed by atoms with E-state index in [1.54, 1.807) is 18.3 Å². The molecule has 0 spiro atoms. The number of hydrogen-bond acceptors (Lipinski definition) is 3. The monoisotopic (exact) mass is 372 g/mol. The van der Waals surface area contributed by atoms with E-state index in [2.05, 4.69) is 57.3 Å². The van der Waals surface area contributed by atoms with Gasteiger partial charge in [0.15, 0.2) is 0 Å². The second-order valence-electron chi connectivity index (χ2n) is 7.31. The van der Waals surface area contributed by atoms with Crippen LogP contribution >= 0.6 is 0 Å². The molecule has 2 aromatic heterocycles. The minimum Gasteiger partial charge on any atom is -0.361 e. The number of nitrogens with zero attached hydrogens (tertiary/aromatic N) is 3. The highest BCUT2D eigenvalue weighted by atomic mass is 19.1. The highest BCUT2D eigenvalue weighted by Gasteiger charge is 2.29. The van der Waals surface area contributed by atoms with Crippen molar-refractivity contribution in [2.75, 3.05) is 13.1 Å². The van der Waals surface area contributed by atoms with Crippen LogP contribution in [-0.2, 0) is 6.54 Å². The molecule has 2 aromatic carbocycles. The second-order valence-corrected chi connectivity index (χ2v) is 7.31. The lowest BCUT2D eigenvalue weighted by Gasteiger charge is -2.35. The number of hydrogen-bond donors (Lipinski definition) is 1. The van der Waals surface area contributed by atoms with Gasteiger partial charge in [-0.15, -0.1) is 0 Å². The summed E-state index contributed by atoms with van der Waals surface area (Å²) in [5, 5.41) is 9.18. The molecule has 1 aliphatic rings. The number of nitrogens with one attached hydrogen (secondary N) is 1. The Morgan fingerprint density at radius 3 is 2.93 bits per heavy atom. The molecule has 140 valence electrons. The first-order chi connectivity index (χ1) is 13.7. The summed E-state index contributed by atoms with van der Waals surface area (Å²) < 4.78 is 15.5. The summed E-state index contributed by atoms with van der Waals surface area (Å²) in [5.74, 6) is -0.0303. The molecule has 0 saturated carbocycles. The van der Waals surface area contributed by atoms with Crippen LogP contribution in [0.2, 0.25) is 0 Å². The summed E-state index contributed by atoms with van der Waals surface area (Å²) >= 11 is 0. The maximum absolute atomic E-state index is 15.5. The topological polar surface area (TPSA) is 44.8 Å². The van der Waals surface area contributed by atoms with Crippen molar-refractivity contribution in [2.45, 2.75) is 19.4 Å². The maximum atomic E-state index is 15.5. The van der Waals surface area contributed by atoms with Crippen molar-refractivity contribution in [3.8, 4) is 11.3 Å². The summed E-state index contributed by atoms with van der Waals surface area (Å²) in [6, 6.07) is 16.1. The third-order valence-electron chi connectivity index (χ3n) is 5.75. The standard InChI is InChI=1S/C23H21FN4/c1-2-28-13-19(15-5-8-21-16(12-15)9-11-25-21)17-6-7-18(23(24)20(17)14-28)22-4-3-10-26-27-22/h3-12,19,25H,2,13-14H2,1H3. The zero-order valence-corrected chi connectivity index (χ0v) is 15.7. The Labute approximate surface area is 163 Å². The second kappa shape index (κ2) is 6.84. The normalized spacial score (nSPS) is 17.0. The number of H-pyrrole nitrogens is 1. The SMILES string of the molecule is CCN1Cc2c(ccc(-c3cccnn3)c2F)C(c2ccc3[nH]ccc3c2)C1. The lowest BCUT2D eigenvalue weighted by atomic mass is 9.83. The third kappa shape index (κ3) is 2.79. The number of aromatic amines is 1. The van der Waals surface area contributed by atoms with Crippen LogP contribution in [0.5, 0.6) is 0 Å². The summed E-state index contributed by atoms with van der Waals surface area (Å²) in [6.07, 6.45) is 3.56. The molecular weight excluding hydrogens is 351 g/mol. The van der Waals surface area contributed by atoms with Crippen LogP contribution in [0, 0.1) is 5.82 Å².